The van der Waals surface area contributed by atoms with Crippen LogP contribution >= 0.6 is 0 Å². The van der Waals surface area contributed by atoms with Crippen molar-refractivity contribution in [2.75, 3.05) is 14.1 Å². The molecule has 2 fully saturated rings. The number of hydrogen-bond donors (Lipinski definition) is 2. The van der Waals surface area contributed by atoms with Gasteiger partial charge in [-0.1, -0.05) is 36.8 Å². The second kappa shape index (κ2) is 7.35. The van der Waals surface area contributed by atoms with Crippen LogP contribution in [0.5, 0.6) is 0 Å². The lowest BCUT2D eigenvalue weighted by Gasteiger charge is -2.56. The summed E-state index contributed by atoms with van der Waals surface area (Å²) < 4.78 is 7.31. The van der Waals surface area contributed by atoms with Gasteiger partial charge in [0.2, 0.25) is 0 Å². The molecule has 7 rings (SSSR count). The summed E-state index contributed by atoms with van der Waals surface area (Å²) in [5.41, 5.74) is 5.27. The first-order valence-corrected chi connectivity index (χ1v) is 13.3. The quantitative estimate of drug-likeness (QED) is 0.669. The SMILES string of the molecule is CC1=C2C=C3C(O)C(O)C(N(C)C)CC34CCC2(O4)C2CC=C(c3ccc4cnncc4c3)C2(C)C1. The molecule has 0 amide bonds. The molecule has 2 bridgehead atoms. The van der Waals surface area contributed by atoms with E-state index in [9.17, 15) is 10.2 Å². The van der Waals surface area contributed by atoms with E-state index in [0.717, 1.165) is 42.0 Å². The Morgan fingerprint density at radius 1 is 1.08 bits per heavy atom. The minimum absolute atomic E-state index is 0.0354. The molecule has 1 aromatic carbocycles. The molecule has 3 heterocycles. The van der Waals surface area contributed by atoms with Crippen molar-refractivity contribution >= 4 is 16.3 Å². The first-order chi connectivity index (χ1) is 17.2. The monoisotopic (exact) mass is 485 g/mol. The van der Waals surface area contributed by atoms with Gasteiger partial charge in [-0.15, -0.1) is 0 Å². The number of benzene rings is 1. The predicted octanol–water partition coefficient (Wildman–Crippen LogP) is 4.04. The molecule has 1 saturated carbocycles. The zero-order chi connectivity index (χ0) is 25.0. The van der Waals surface area contributed by atoms with Crippen molar-refractivity contribution < 1.29 is 14.9 Å². The van der Waals surface area contributed by atoms with Crippen LogP contribution in [0.1, 0.15) is 51.5 Å². The van der Waals surface area contributed by atoms with Crippen molar-refractivity contribution in [3.8, 4) is 0 Å². The Bertz CT molecular complexity index is 1380. The number of fused-ring (bicyclic) bond motifs is 2. The maximum Gasteiger partial charge on any atom is 0.105 e. The third-order valence-corrected chi connectivity index (χ3v) is 10.3. The van der Waals surface area contributed by atoms with Gasteiger partial charge >= 0.3 is 0 Å². The molecule has 5 aliphatic rings. The highest BCUT2D eigenvalue weighted by Crippen LogP contribution is 2.69. The van der Waals surface area contributed by atoms with E-state index in [1.54, 1.807) is 0 Å². The van der Waals surface area contributed by atoms with Crippen LogP contribution in [-0.2, 0) is 4.74 Å². The summed E-state index contributed by atoms with van der Waals surface area (Å²) in [6.07, 6.45) is 11.2. The van der Waals surface area contributed by atoms with Crippen LogP contribution in [0.4, 0.5) is 0 Å². The van der Waals surface area contributed by atoms with Gasteiger partial charge in [-0.25, -0.2) is 0 Å². The van der Waals surface area contributed by atoms with Gasteiger partial charge in [-0.2, -0.15) is 10.2 Å². The highest BCUT2D eigenvalue weighted by atomic mass is 16.5. The fourth-order valence-electron chi connectivity index (χ4n) is 8.61. The lowest BCUT2D eigenvalue weighted by atomic mass is 9.56. The number of allylic oxidation sites excluding steroid dienone is 3. The number of ether oxygens (including phenoxy) is 1. The Hall–Kier alpha value is -2.38. The van der Waals surface area contributed by atoms with Gasteiger partial charge in [-0.3, -0.25) is 0 Å². The lowest BCUT2D eigenvalue weighted by Crippen LogP contribution is -2.62. The maximum absolute atomic E-state index is 11.2. The molecule has 1 saturated heterocycles. The Morgan fingerprint density at radius 2 is 1.86 bits per heavy atom. The van der Waals surface area contributed by atoms with Crippen molar-refractivity contribution in [3.05, 3.63) is 65.0 Å². The summed E-state index contributed by atoms with van der Waals surface area (Å²) in [5.74, 6) is 0.337. The summed E-state index contributed by atoms with van der Waals surface area (Å²) in [7, 11) is 3.96. The van der Waals surface area contributed by atoms with E-state index in [4.69, 9.17) is 4.74 Å². The summed E-state index contributed by atoms with van der Waals surface area (Å²) in [4.78, 5) is 2.04. The van der Waals surface area contributed by atoms with Gasteiger partial charge in [0.15, 0.2) is 0 Å². The average Bonchev–Trinajstić information content (AvgIpc) is 3.36. The zero-order valence-electron chi connectivity index (χ0n) is 21.5. The molecule has 36 heavy (non-hydrogen) atoms. The van der Waals surface area contributed by atoms with Crippen molar-refractivity contribution in [1.82, 2.24) is 15.1 Å². The third kappa shape index (κ3) is 2.76. The third-order valence-electron chi connectivity index (χ3n) is 10.3. The number of hydrogen-bond acceptors (Lipinski definition) is 6. The highest BCUT2D eigenvalue weighted by molar-refractivity contribution is 5.86. The first kappa shape index (κ1) is 22.8. The van der Waals surface area contributed by atoms with E-state index in [2.05, 4.69) is 54.4 Å². The minimum Gasteiger partial charge on any atom is -0.388 e. The normalized spacial score (nSPS) is 41.2. The highest BCUT2D eigenvalue weighted by Gasteiger charge is 2.68. The van der Waals surface area contributed by atoms with Crippen LogP contribution in [0.25, 0.3) is 16.3 Å². The molecule has 1 aromatic heterocycles. The molecule has 0 radical (unpaired) electrons. The second-order valence-corrected chi connectivity index (χ2v) is 12.3. The molecular weight excluding hydrogens is 450 g/mol. The summed E-state index contributed by atoms with van der Waals surface area (Å²) in [6, 6.07) is 6.50. The van der Waals surface area contributed by atoms with Crippen LogP contribution in [0.15, 0.2) is 59.5 Å². The fraction of sp³-hybridized carbons (Fsp3) is 0.533. The van der Waals surface area contributed by atoms with E-state index in [-0.39, 0.29) is 17.1 Å². The van der Waals surface area contributed by atoms with Gasteiger partial charge in [0, 0.05) is 28.1 Å². The molecule has 2 aromatic rings. The summed E-state index contributed by atoms with van der Waals surface area (Å²) in [6.45, 7) is 4.67. The van der Waals surface area contributed by atoms with Gasteiger partial charge in [0.1, 0.15) is 6.10 Å². The van der Waals surface area contributed by atoms with Crippen molar-refractivity contribution in [3.63, 3.8) is 0 Å². The predicted molar refractivity (Wildman–Crippen MR) is 139 cm³/mol. The van der Waals surface area contributed by atoms with Crippen LogP contribution in [0.3, 0.4) is 0 Å². The van der Waals surface area contributed by atoms with E-state index in [1.165, 1.54) is 22.3 Å². The fourth-order valence-corrected chi connectivity index (χ4v) is 8.61. The number of aliphatic hydroxyl groups is 2. The van der Waals surface area contributed by atoms with E-state index < -0.39 is 17.8 Å². The molecule has 2 aliphatic heterocycles. The van der Waals surface area contributed by atoms with Crippen molar-refractivity contribution in [2.24, 2.45) is 11.3 Å². The maximum atomic E-state index is 11.2. The molecule has 7 atom stereocenters. The number of aliphatic hydroxyl groups excluding tert-OH is 2. The Balaban J connectivity index is 1.33. The topological polar surface area (TPSA) is 78.7 Å². The van der Waals surface area contributed by atoms with Gasteiger partial charge < -0.3 is 19.8 Å². The number of aromatic nitrogens is 2. The van der Waals surface area contributed by atoms with Crippen LogP contribution in [-0.4, -0.2) is 68.9 Å². The molecule has 188 valence electrons. The van der Waals surface area contributed by atoms with E-state index in [0.29, 0.717) is 12.3 Å². The molecule has 2 N–H and O–H groups in total. The molecule has 6 heteroatoms. The minimum atomic E-state index is -0.895. The molecule has 3 aliphatic carbocycles. The smallest absolute Gasteiger partial charge is 0.105 e. The largest absolute Gasteiger partial charge is 0.388 e. The summed E-state index contributed by atoms with van der Waals surface area (Å²) in [5, 5.41) is 32.5. The number of likely N-dealkylation sites (N-methyl/N-ethyl adjacent to an activating group) is 1. The zero-order valence-corrected chi connectivity index (χ0v) is 21.5. The van der Waals surface area contributed by atoms with Crippen LogP contribution < -0.4 is 0 Å². The van der Waals surface area contributed by atoms with E-state index in [1.807, 2.05) is 31.4 Å². The number of rotatable bonds is 2. The number of nitrogens with zero attached hydrogens (tertiary/aromatic N) is 3. The van der Waals surface area contributed by atoms with Crippen molar-refractivity contribution in [2.45, 2.75) is 75.4 Å². The standard InChI is InChI=1S/C30H35N3O3/c1-17-13-28(2)21(18-5-6-19-15-31-32-16-20(19)11-18)7-8-25(28)30-10-9-29(36-30)14-24(33(3)4)27(35)26(34)23(29)12-22(17)30/h5-7,11-12,15-16,24-27,34-35H,8-10,13-14H2,1-4H3. The van der Waals surface area contributed by atoms with Gasteiger partial charge in [0.25, 0.3) is 0 Å². The molecule has 6 nitrogen and oxygen atoms in total. The van der Waals surface area contributed by atoms with Crippen LogP contribution in [0, 0.1) is 11.3 Å². The Labute approximate surface area is 212 Å². The molecule has 7 unspecified atom stereocenters. The summed E-state index contributed by atoms with van der Waals surface area (Å²) >= 11 is 0. The van der Waals surface area contributed by atoms with Crippen molar-refractivity contribution in [1.29, 1.82) is 0 Å². The van der Waals surface area contributed by atoms with Crippen LogP contribution in [0.2, 0.25) is 0 Å². The Kier molecular flexibility index (Phi) is 4.65. The molecule has 2 spiro atoms. The van der Waals surface area contributed by atoms with E-state index >= 15 is 0 Å². The lowest BCUT2D eigenvalue weighted by molar-refractivity contribution is -0.162. The average molecular weight is 486 g/mol. The van der Waals surface area contributed by atoms with Gasteiger partial charge in [-0.05, 0) is 81.5 Å². The Morgan fingerprint density at radius 3 is 2.64 bits per heavy atom. The first-order valence-electron chi connectivity index (χ1n) is 13.3. The van der Waals surface area contributed by atoms with Gasteiger partial charge in [0.05, 0.1) is 29.7 Å². The second-order valence-electron chi connectivity index (χ2n) is 12.3. The molecular formula is C30H35N3O3.